The molecule has 0 N–H and O–H groups in total. The molecule has 13 heteroatoms. The molecule has 0 aliphatic carbocycles. The van der Waals surface area contributed by atoms with E-state index in [1.165, 1.54) is 0 Å². The topological polar surface area (TPSA) is 120 Å². The van der Waals surface area contributed by atoms with Crippen molar-refractivity contribution in [1.82, 2.24) is 0 Å². The average Bonchev–Trinajstić information content (AvgIpc) is 3.28. The van der Waals surface area contributed by atoms with Gasteiger partial charge >= 0.3 is 0 Å². The second kappa shape index (κ2) is 36.5. The van der Waals surface area contributed by atoms with E-state index in [0.29, 0.717) is 165 Å². The molecule has 59 heavy (non-hydrogen) atoms. The second-order valence-electron chi connectivity index (χ2n) is 12.6. The summed E-state index contributed by atoms with van der Waals surface area (Å²) in [6.45, 7) is 12.0. The monoisotopic (exact) mass is 826 g/mol. The Balaban J connectivity index is 1.02. The third-order valence-electron chi connectivity index (χ3n) is 8.36. The van der Waals surface area contributed by atoms with Crippen LogP contribution in [0, 0.1) is 12.3 Å². The van der Waals surface area contributed by atoms with Crippen molar-refractivity contribution in [1.29, 1.82) is 0 Å². The second-order valence-corrected chi connectivity index (χ2v) is 12.6. The summed E-state index contributed by atoms with van der Waals surface area (Å²) in [5.74, 6) is 2.40. The molecule has 0 saturated heterocycles. The molecule has 3 aromatic carbocycles. The molecular weight excluding hydrogens is 760 g/mol. The molecule has 0 bridgehead atoms. The number of rotatable bonds is 41. The summed E-state index contributed by atoms with van der Waals surface area (Å²) in [6, 6.07) is 31.0. The molecule has 0 aliphatic heterocycles. The van der Waals surface area contributed by atoms with E-state index >= 15 is 0 Å². The number of hydrogen-bond acceptors (Lipinski definition) is 13. The standard InChI is InChI=1S/C46H66O13/c1-2-18-47-19-20-48-21-22-49-23-24-50-25-26-51-27-28-52-29-30-53-31-32-54-33-34-55-35-36-56-37-38-57-39-40-58-41-42-59-46(43-12-6-3-7-13-43,44-14-8-4-9-15-44)45-16-10-5-11-17-45/h1,3-17H,18-42H2. The summed E-state index contributed by atoms with van der Waals surface area (Å²) in [5.41, 5.74) is 2.44. The summed E-state index contributed by atoms with van der Waals surface area (Å²) in [4.78, 5) is 0. The molecule has 328 valence electrons. The van der Waals surface area contributed by atoms with Gasteiger partial charge in [-0.3, -0.25) is 0 Å². The molecule has 13 nitrogen and oxygen atoms in total. The Labute approximate surface area is 351 Å². The quantitative estimate of drug-likeness (QED) is 0.0442. The lowest BCUT2D eigenvalue weighted by molar-refractivity contribution is -0.0399. The van der Waals surface area contributed by atoms with Crippen molar-refractivity contribution in [3.8, 4) is 12.3 Å². The smallest absolute Gasteiger partial charge is 0.143 e. The van der Waals surface area contributed by atoms with E-state index in [2.05, 4.69) is 42.3 Å². The third-order valence-corrected chi connectivity index (χ3v) is 8.36. The molecule has 0 unspecified atom stereocenters. The lowest BCUT2D eigenvalue weighted by atomic mass is 9.80. The minimum absolute atomic E-state index is 0.304. The van der Waals surface area contributed by atoms with Crippen molar-refractivity contribution in [2.45, 2.75) is 5.60 Å². The molecule has 0 saturated carbocycles. The van der Waals surface area contributed by atoms with Gasteiger partial charge in [-0.2, -0.15) is 0 Å². The van der Waals surface area contributed by atoms with Gasteiger partial charge in [-0.25, -0.2) is 0 Å². The molecule has 0 aliphatic rings. The zero-order valence-corrected chi connectivity index (χ0v) is 34.7. The first-order chi connectivity index (χ1) is 29.4. The third kappa shape index (κ3) is 23.9. The predicted octanol–water partition coefficient (Wildman–Crippen LogP) is 4.83. The first-order valence-electron chi connectivity index (χ1n) is 20.5. The van der Waals surface area contributed by atoms with Crippen LogP contribution in [0.3, 0.4) is 0 Å². The highest BCUT2D eigenvalue weighted by molar-refractivity contribution is 5.47. The van der Waals surface area contributed by atoms with E-state index in [1.54, 1.807) is 0 Å². The number of terminal acetylenes is 1. The fraction of sp³-hybridized carbons (Fsp3) is 0.565. The molecular formula is C46H66O13. The van der Waals surface area contributed by atoms with Crippen LogP contribution < -0.4 is 0 Å². The van der Waals surface area contributed by atoms with Crippen LogP contribution in [-0.2, 0) is 67.2 Å². The van der Waals surface area contributed by atoms with Crippen LogP contribution in [0.2, 0.25) is 0 Å². The van der Waals surface area contributed by atoms with Crippen molar-refractivity contribution in [3.05, 3.63) is 108 Å². The summed E-state index contributed by atoms with van der Waals surface area (Å²) in [5, 5.41) is 0. The highest BCUT2D eigenvalue weighted by Gasteiger charge is 2.37. The first-order valence-corrected chi connectivity index (χ1v) is 20.5. The lowest BCUT2D eigenvalue weighted by Crippen LogP contribution is -2.34. The van der Waals surface area contributed by atoms with E-state index in [0.717, 1.165) is 16.7 Å². The summed E-state index contributed by atoms with van der Waals surface area (Å²) < 4.78 is 72.8. The number of ether oxygens (including phenoxy) is 13. The van der Waals surface area contributed by atoms with Crippen LogP contribution in [0.1, 0.15) is 16.7 Å². The molecule has 0 amide bonds. The van der Waals surface area contributed by atoms with Gasteiger partial charge in [0.05, 0.1) is 159 Å². The molecule has 0 fully saturated rings. The minimum Gasteiger partial charge on any atom is -0.377 e. The molecule has 3 aromatic rings. The zero-order valence-electron chi connectivity index (χ0n) is 34.7. The molecule has 0 radical (unpaired) electrons. The summed E-state index contributed by atoms with van der Waals surface area (Å²) in [7, 11) is 0. The Morgan fingerprint density at radius 3 is 0.712 bits per heavy atom. The lowest BCUT2D eigenvalue weighted by Gasteiger charge is -2.36. The Morgan fingerprint density at radius 1 is 0.288 bits per heavy atom. The Hall–Kier alpha value is -3.30. The summed E-state index contributed by atoms with van der Waals surface area (Å²) >= 11 is 0. The predicted molar refractivity (Wildman–Crippen MR) is 224 cm³/mol. The molecule has 3 rings (SSSR count). The van der Waals surface area contributed by atoms with Crippen molar-refractivity contribution >= 4 is 0 Å². The fourth-order valence-electron chi connectivity index (χ4n) is 5.57. The average molecular weight is 827 g/mol. The highest BCUT2D eigenvalue weighted by Crippen LogP contribution is 2.40. The summed E-state index contributed by atoms with van der Waals surface area (Å²) in [6.07, 6.45) is 5.09. The van der Waals surface area contributed by atoms with Gasteiger partial charge in [0.15, 0.2) is 0 Å². The molecule has 0 atom stereocenters. The van der Waals surface area contributed by atoms with Crippen LogP contribution in [0.5, 0.6) is 0 Å². The van der Waals surface area contributed by atoms with Gasteiger partial charge in [0.1, 0.15) is 12.2 Å². The van der Waals surface area contributed by atoms with Crippen LogP contribution >= 0.6 is 0 Å². The molecule has 0 aromatic heterocycles. The van der Waals surface area contributed by atoms with E-state index in [4.69, 9.17) is 68.0 Å². The highest BCUT2D eigenvalue weighted by atomic mass is 16.6. The molecule has 0 spiro atoms. The zero-order chi connectivity index (χ0) is 41.4. The van der Waals surface area contributed by atoms with Crippen molar-refractivity contribution < 1.29 is 61.6 Å². The van der Waals surface area contributed by atoms with Gasteiger partial charge in [-0.05, 0) is 16.7 Å². The fourth-order valence-corrected chi connectivity index (χ4v) is 5.57. The Bertz CT molecular complexity index is 1280. The van der Waals surface area contributed by atoms with Gasteiger partial charge in [0.25, 0.3) is 0 Å². The van der Waals surface area contributed by atoms with Gasteiger partial charge in [-0.1, -0.05) is 96.9 Å². The van der Waals surface area contributed by atoms with Crippen molar-refractivity contribution in [3.63, 3.8) is 0 Å². The Morgan fingerprint density at radius 2 is 0.492 bits per heavy atom. The van der Waals surface area contributed by atoms with Crippen LogP contribution in [0.25, 0.3) is 0 Å². The SMILES string of the molecule is C#CCOCCOCCOCCOCCOCCOCCOCCOCCOCCOCCOCCOCCOC(c1ccccc1)(c1ccccc1)c1ccccc1. The minimum atomic E-state index is -0.755. The largest absolute Gasteiger partial charge is 0.377 e. The maximum absolute atomic E-state index is 6.73. The first kappa shape index (κ1) is 50.1. The van der Waals surface area contributed by atoms with E-state index in [-0.39, 0.29) is 0 Å². The van der Waals surface area contributed by atoms with Gasteiger partial charge in [0.2, 0.25) is 0 Å². The van der Waals surface area contributed by atoms with E-state index < -0.39 is 5.60 Å². The molecule has 0 heterocycles. The van der Waals surface area contributed by atoms with E-state index in [9.17, 15) is 0 Å². The van der Waals surface area contributed by atoms with E-state index in [1.807, 2.05) is 54.6 Å². The van der Waals surface area contributed by atoms with Crippen molar-refractivity contribution in [2.75, 3.05) is 165 Å². The normalized spacial score (nSPS) is 11.6. The van der Waals surface area contributed by atoms with Crippen LogP contribution in [-0.4, -0.2) is 165 Å². The van der Waals surface area contributed by atoms with Gasteiger partial charge < -0.3 is 61.6 Å². The maximum Gasteiger partial charge on any atom is 0.143 e. The number of hydrogen-bond donors (Lipinski definition) is 0. The Kier molecular flexibility index (Phi) is 31.0. The van der Waals surface area contributed by atoms with Crippen molar-refractivity contribution in [2.24, 2.45) is 0 Å². The van der Waals surface area contributed by atoms with Crippen LogP contribution in [0.15, 0.2) is 91.0 Å². The number of benzene rings is 3. The maximum atomic E-state index is 6.73. The van der Waals surface area contributed by atoms with Gasteiger partial charge in [-0.15, -0.1) is 6.42 Å². The van der Waals surface area contributed by atoms with Crippen LogP contribution in [0.4, 0.5) is 0 Å². The van der Waals surface area contributed by atoms with Gasteiger partial charge in [0, 0.05) is 0 Å².